The fourth-order valence-corrected chi connectivity index (χ4v) is 0.938. The first-order valence-corrected chi connectivity index (χ1v) is 3.95. The van der Waals surface area contributed by atoms with E-state index < -0.39 is 0 Å². The molecule has 0 fully saturated rings. The highest BCUT2D eigenvalue weighted by Gasteiger charge is 2.12. The molecular formula is C8H18NO+. The summed E-state index contributed by atoms with van der Waals surface area (Å²) in [6, 6.07) is 0. The van der Waals surface area contributed by atoms with Crippen LogP contribution in [0.3, 0.4) is 0 Å². The second kappa shape index (κ2) is 5.42. The van der Waals surface area contributed by atoms with E-state index in [1.54, 1.807) is 13.1 Å². The van der Waals surface area contributed by atoms with E-state index in [0.29, 0.717) is 0 Å². The monoisotopic (exact) mass is 144 g/mol. The fraction of sp³-hybridized carbons (Fsp3) is 0.875. The van der Waals surface area contributed by atoms with Gasteiger partial charge in [0.05, 0.1) is 12.0 Å². The maximum atomic E-state index is 9.13. The number of hydrogen-bond acceptors (Lipinski definition) is 1. The zero-order chi connectivity index (χ0) is 7.98. The molecule has 0 radical (unpaired) electrons. The van der Waals surface area contributed by atoms with Crippen LogP contribution in [0.25, 0.3) is 0 Å². The van der Waals surface area contributed by atoms with Crippen molar-refractivity contribution in [2.45, 2.75) is 39.2 Å². The van der Waals surface area contributed by atoms with Crippen molar-refractivity contribution >= 4 is 6.21 Å². The Bertz CT molecular complexity index is 91.3. The molecule has 3 N–H and O–H groups in total. The molecule has 0 aliphatic heterocycles. The maximum absolute atomic E-state index is 9.13. The third-order valence-electron chi connectivity index (χ3n) is 1.76. The van der Waals surface area contributed by atoms with Crippen molar-refractivity contribution in [3.63, 3.8) is 0 Å². The van der Waals surface area contributed by atoms with E-state index in [9.17, 15) is 0 Å². The first-order valence-electron chi connectivity index (χ1n) is 3.95. The predicted molar refractivity (Wildman–Crippen MR) is 42.7 cm³/mol. The van der Waals surface area contributed by atoms with Gasteiger partial charge in [0.15, 0.2) is 0 Å². The molecule has 2 atom stereocenters. The lowest BCUT2D eigenvalue weighted by molar-refractivity contribution is -0.114. The van der Waals surface area contributed by atoms with Gasteiger partial charge in [-0.2, -0.15) is 0 Å². The van der Waals surface area contributed by atoms with Crippen molar-refractivity contribution in [2.24, 2.45) is 5.92 Å². The van der Waals surface area contributed by atoms with Crippen LogP contribution in [-0.4, -0.2) is 17.4 Å². The minimum Gasteiger partial charge on any atom is -0.393 e. The Labute approximate surface area is 62.8 Å². The van der Waals surface area contributed by atoms with E-state index in [4.69, 9.17) is 10.5 Å². The smallest absolute Gasteiger partial charge is 0.142 e. The second-order valence-electron chi connectivity index (χ2n) is 2.74. The third-order valence-corrected chi connectivity index (χ3v) is 1.76. The van der Waals surface area contributed by atoms with Gasteiger partial charge in [-0.05, 0) is 13.3 Å². The summed E-state index contributed by atoms with van der Waals surface area (Å²) in [4.78, 5) is 0. The summed E-state index contributed by atoms with van der Waals surface area (Å²) < 4.78 is 0. The van der Waals surface area contributed by atoms with E-state index in [1.165, 1.54) is 0 Å². The van der Waals surface area contributed by atoms with Gasteiger partial charge in [0.25, 0.3) is 0 Å². The van der Waals surface area contributed by atoms with Gasteiger partial charge in [0, 0.05) is 0 Å². The zero-order valence-electron chi connectivity index (χ0n) is 6.88. The summed E-state index contributed by atoms with van der Waals surface area (Å²) in [5, 5.41) is 14.5. The van der Waals surface area contributed by atoms with Gasteiger partial charge in [-0.3, -0.25) is 5.41 Å². The molecule has 0 saturated carbocycles. The zero-order valence-corrected chi connectivity index (χ0v) is 6.88. The van der Waals surface area contributed by atoms with Crippen LogP contribution in [0.4, 0.5) is 0 Å². The first kappa shape index (κ1) is 9.63. The number of hydrogen-bond donors (Lipinski definition) is 2. The van der Waals surface area contributed by atoms with Gasteiger partial charge in [-0.15, -0.1) is 0 Å². The Hall–Kier alpha value is -0.370. The van der Waals surface area contributed by atoms with Crippen LogP contribution in [0.2, 0.25) is 0 Å². The quantitative estimate of drug-likeness (QED) is 0.524. The molecule has 0 heterocycles. The molecule has 0 spiro atoms. The number of rotatable bonds is 5. The molecule has 60 valence electrons. The molecule has 0 aliphatic rings. The Morgan fingerprint density at radius 2 is 2.20 bits per heavy atom. The van der Waals surface area contributed by atoms with Crippen LogP contribution < -0.4 is 5.41 Å². The Balaban J connectivity index is 3.50. The summed E-state index contributed by atoms with van der Waals surface area (Å²) in [6.07, 6.45) is 4.61. The lowest BCUT2D eigenvalue weighted by Gasteiger charge is -2.10. The Morgan fingerprint density at radius 3 is 2.50 bits per heavy atom. The van der Waals surface area contributed by atoms with Gasteiger partial charge < -0.3 is 5.11 Å². The number of unbranched alkanes of at least 4 members (excludes halogenated alkanes) is 1. The highest BCUT2D eigenvalue weighted by molar-refractivity contribution is 5.54. The van der Waals surface area contributed by atoms with Crippen LogP contribution >= 0.6 is 0 Å². The van der Waals surface area contributed by atoms with E-state index in [0.717, 1.165) is 19.3 Å². The molecule has 0 aromatic heterocycles. The van der Waals surface area contributed by atoms with E-state index in [2.05, 4.69) is 6.92 Å². The topological polar surface area (TPSA) is 45.8 Å². The van der Waals surface area contributed by atoms with Crippen LogP contribution in [-0.2, 0) is 0 Å². The molecule has 2 unspecified atom stereocenters. The van der Waals surface area contributed by atoms with Crippen molar-refractivity contribution < 1.29 is 10.5 Å². The molecule has 0 amide bonds. The average Bonchev–Trinajstić information content (AvgIpc) is 1.89. The molecule has 0 saturated heterocycles. The molecule has 0 aromatic carbocycles. The standard InChI is InChI=1S/C8H17NO/c1-3-4-5-8(6-9)7(2)10/h6-10H,3-5H2,1-2H3/p+1. The highest BCUT2D eigenvalue weighted by Crippen LogP contribution is 2.08. The number of nitrogens with two attached hydrogens (primary N) is 1. The largest absolute Gasteiger partial charge is 0.393 e. The SMILES string of the molecule is CCCCC(C=[NH2+])C(C)O. The number of aliphatic hydroxyl groups excluding tert-OH is 1. The van der Waals surface area contributed by atoms with E-state index >= 15 is 0 Å². The summed E-state index contributed by atoms with van der Waals surface area (Å²) in [6.45, 7) is 3.92. The minimum absolute atomic E-state index is 0.181. The van der Waals surface area contributed by atoms with Crippen LogP contribution in [0, 0.1) is 5.92 Å². The minimum atomic E-state index is -0.295. The van der Waals surface area contributed by atoms with E-state index in [-0.39, 0.29) is 12.0 Å². The lowest BCUT2D eigenvalue weighted by atomic mass is 9.99. The lowest BCUT2D eigenvalue weighted by Crippen LogP contribution is -2.37. The molecular weight excluding hydrogens is 126 g/mol. The molecule has 0 aromatic rings. The third kappa shape index (κ3) is 3.62. The van der Waals surface area contributed by atoms with Gasteiger partial charge in [0.2, 0.25) is 0 Å². The van der Waals surface area contributed by atoms with Crippen molar-refractivity contribution in [3.8, 4) is 0 Å². The molecule has 10 heavy (non-hydrogen) atoms. The highest BCUT2D eigenvalue weighted by atomic mass is 16.3. The summed E-state index contributed by atoms with van der Waals surface area (Å²) in [5.41, 5.74) is 0. The van der Waals surface area contributed by atoms with E-state index in [1.807, 2.05) is 0 Å². The fourth-order valence-electron chi connectivity index (χ4n) is 0.938. The van der Waals surface area contributed by atoms with Gasteiger partial charge in [-0.1, -0.05) is 19.8 Å². The summed E-state index contributed by atoms with van der Waals surface area (Å²) in [7, 11) is 0. The van der Waals surface area contributed by atoms with Crippen LogP contribution in [0.15, 0.2) is 0 Å². The van der Waals surface area contributed by atoms with Crippen LogP contribution in [0.1, 0.15) is 33.1 Å². The second-order valence-corrected chi connectivity index (χ2v) is 2.74. The summed E-state index contributed by atoms with van der Waals surface area (Å²) >= 11 is 0. The molecule has 0 rings (SSSR count). The van der Waals surface area contributed by atoms with Crippen molar-refractivity contribution in [2.75, 3.05) is 0 Å². The molecule has 0 bridgehead atoms. The Morgan fingerprint density at radius 1 is 1.60 bits per heavy atom. The van der Waals surface area contributed by atoms with Crippen molar-refractivity contribution in [3.05, 3.63) is 0 Å². The van der Waals surface area contributed by atoms with Crippen molar-refractivity contribution in [1.29, 1.82) is 0 Å². The average molecular weight is 144 g/mol. The molecule has 2 nitrogen and oxygen atoms in total. The molecule has 0 aliphatic carbocycles. The maximum Gasteiger partial charge on any atom is 0.142 e. The van der Waals surface area contributed by atoms with Crippen molar-refractivity contribution in [1.82, 2.24) is 0 Å². The van der Waals surface area contributed by atoms with Gasteiger partial charge >= 0.3 is 0 Å². The van der Waals surface area contributed by atoms with Crippen LogP contribution in [0.5, 0.6) is 0 Å². The molecule has 2 heteroatoms. The first-order chi connectivity index (χ1) is 4.72. The Kier molecular flexibility index (Phi) is 5.22. The normalized spacial score (nSPS) is 16.3. The predicted octanol–water partition coefficient (Wildman–Crippen LogP) is 0.00350. The summed E-state index contributed by atoms with van der Waals surface area (Å²) in [5.74, 6) is 0.181. The number of aliphatic hydroxyl groups is 1. The van der Waals surface area contributed by atoms with Gasteiger partial charge in [0.1, 0.15) is 6.21 Å². The van der Waals surface area contributed by atoms with Gasteiger partial charge in [-0.25, -0.2) is 0 Å².